The third kappa shape index (κ3) is 5.63. The third-order valence-corrected chi connectivity index (χ3v) is 6.99. The lowest BCUT2D eigenvalue weighted by Crippen LogP contribution is -2.49. The van der Waals surface area contributed by atoms with Crippen molar-refractivity contribution in [2.75, 3.05) is 38.5 Å². The first-order chi connectivity index (χ1) is 15.5. The Hall–Kier alpha value is -2.69. The lowest BCUT2D eigenvalue weighted by Gasteiger charge is -2.38. The Morgan fingerprint density at radius 3 is 2.52 bits per heavy atom. The van der Waals surface area contributed by atoms with Crippen molar-refractivity contribution in [3.63, 3.8) is 0 Å². The summed E-state index contributed by atoms with van der Waals surface area (Å²) in [5.74, 6) is -0.877. The first kappa shape index (κ1) is 24.9. The summed E-state index contributed by atoms with van der Waals surface area (Å²) in [4.78, 5) is 16.8. The summed E-state index contributed by atoms with van der Waals surface area (Å²) in [5.41, 5.74) is 0.310. The summed E-state index contributed by atoms with van der Waals surface area (Å²) in [5, 5.41) is 9.71. The number of nitrogens with one attached hydrogen (secondary N) is 1. The van der Waals surface area contributed by atoms with Gasteiger partial charge in [0, 0.05) is 19.0 Å². The molecule has 3 rings (SSSR count). The number of ether oxygens (including phenoxy) is 1. The SMILES string of the molecule is C[C@H]1CN([C@@H](C)CO)C(=O)c2cccc(NS(=O)(=O)c3ccc(F)cc3)c2O[C@@H]1CN(C)C. The smallest absolute Gasteiger partial charge is 0.262 e. The van der Waals surface area contributed by atoms with Gasteiger partial charge in [-0.1, -0.05) is 13.0 Å². The molecule has 0 radical (unpaired) electrons. The number of hydrogen-bond acceptors (Lipinski definition) is 6. The van der Waals surface area contributed by atoms with Gasteiger partial charge in [-0.3, -0.25) is 9.52 Å². The van der Waals surface area contributed by atoms with Crippen LogP contribution in [0.15, 0.2) is 47.4 Å². The Morgan fingerprint density at radius 1 is 1.24 bits per heavy atom. The number of carbonyl (C=O) groups excluding carboxylic acids is 1. The van der Waals surface area contributed by atoms with E-state index in [-0.39, 0.29) is 46.4 Å². The molecule has 0 saturated heterocycles. The van der Waals surface area contributed by atoms with Crippen LogP contribution in [0.4, 0.5) is 10.1 Å². The molecule has 3 atom stereocenters. The number of carbonyl (C=O) groups is 1. The van der Waals surface area contributed by atoms with Gasteiger partial charge in [-0.2, -0.15) is 0 Å². The number of anilines is 1. The molecule has 2 N–H and O–H groups in total. The van der Waals surface area contributed by atoms with E-state index in [1.165, 1.54) is 6.07 Å². The zero-order chi connectivity index (χ0) is 24.3. The average molecular weight is 480 g/mol. The van der Waals surface area contributed by atoms with Crippen molar-refractivity contribution in [1.82, 2.24) is 9.80 Å². The van der Waals surface area contributed by atoms with Gasteiger partial charge < -0.3 is 19.6 Å². The van der Waals surface area contributed by atoms with Gasteiger partial charge in [0.1, 0.15) is 11.9 Å². The number of halogens is 1. The highest BCUT2D eigenvalue weighted by atomic mass is 32.2. The summed E-state index contributed by atoms with van der Waals surface area (Å²) in [7, 11) is -0.261. The van der Waals surface area contributed by atoms with Crippen molar-refractivity contribution in [1.29, 1.82) is 0 Å². The molecule has 1 aliphatic rings. The van der Waals surface area contributed by atoms with Crippen LogP contribution in [0.5, 0.6) is 5.75 Å². The van der Waals surface area contributed by atoms with Crippen LogP contribution in [0.3, 0.4) is 0 Å². The number of benzene rings is 2. The van der Waals surface area contributed by atoms with Gasteiger partial charge in [0.25, 0.3) is 15.9 Å². The minimum absolute atomic E-state index is 0.0970. The molecule has 0 aliphatic carbocycles. The van der Waals surface area contributed by atoms with E-state index >= 15 is 0 Å². The van der Waals surface area contributed by atoms with Crippen LogP contribution in [0.1, 0.15) is 24.2 Å². The fourth-order valence-corrected chi connectivity index (χ4v) is 4.78. The molecule has 1 amide bonds. The van der Waals surface area contributed by atoms with Crippen molar-refractivity contribution >= 4 is 21.6 Å². The zero-order valence-corrected chi connectivity index (χ0v) is 20.0. The number of hydrogen-bond donors (Lipinski definition) is 2. The van der Waals surface area contributed by atoms with Crippen LogP contribution < -0.4 is 9.46 Å². The lowest BCUT2D eigenvalue weighted by atomic mass is 9.99. The molecule has 0 aromatic heterocycles. The maximum Gasteiger partial charge on any atom is 0.262 e. The van der Waals surface area contributed by atoms with Crippen molar-refractivity contribution in [2.45, 2.75) is 30.9 Å². The van der Waals surface area contributed by atoms with Crippen LogP contribution in [-0.2, 0) is 10.0 Å². The Labute approximate surface area is 194 Å². The van der Waals surface area contributed by atoms with Crippen LogP contribution in [0, 0.1) is 11.7 Å². The molecule has 8 nitrogen and oxygen atoms in total. The summed E-state index contributed by atoms with van der Waals surface area (Å²) in [6, 6.07) is 8.69. The number of fused-ring (bicyclic) bond motifs is 1. The van der Waals surface area contributed by atoms with Gasteiger partial charge in [-0.25, -0.2) is 12.8 Å². The quantitative estimate of drug-likeness (QED) is 0.633. The van der Waals surface area contributed by atoms with E-state index in [9.17, 15) is 22.7 Å². The molecule has 180 valence electrons. The third-order valence-electron chi connectivity index (χ3n) is 5.60. The Morgan fingerprint density at radius 2 is 1.91 bits per heavy atom. The minimum Gasteiger partial charge on any atom is -0.486 e. The second kappa shape index (κ2) is 10.1. The molecule has 1 heterocycles. The highest BCUT2D eigenvalue weighted by Crippen LogP contribution is 2.36. The average Bonchev–Trinajstić information content (AvgIpc) is 2.76. The zero-order valence-electron chi connectivity index (χ0n) is 19.2. The predicted molar refractivity (Wildman–Crippen MR) is 123 cm³/mol. The highest BCUT2D eigenvalue weighted by molar-refractivity contribution is 7.92. The molecule has 2 aromatic rings. The molecular formula is C23H30FN3O5S. The monoisotopic (exact) mass is 479 g/mol. The molecule has 0 fully saturated rings. The minimum atomic E-state index is -4.06. The van der Waals surface area contributed by atoms with Crippen molar-refractivity contribution in [3.05, 3.63) is 53.8 Å². The topological polar surface area (TPSA) is 99.2 Å². The summed E-state index contributed by atoms with van der Waals surface area (Å²) < 4.78 is 47.9. The van der Waals surface area contributed by atoms with Gasteiger partial charge in [0.2, 0.25) is 0 Å². The number of rotatable bonds is 7. The van der Waals surface area contributed by atoms with E-state index in [0.29, 0.717) is 13.1 Å². The van der Waals surface area contributed by atoms with Gasteiger partial charge >= 0.3 is 0 Å². The van der Waals surface area contributed by atoms with Crippen molar-refractivity contribution < 1.29 is 27.4 Å². The normalized spacial score (nSPS) is 20.0. The summed E-state index contributed by atoms with van der Waals surface area (Å²) in [6.07, 6.45) is -0.350. The number of aliphatic hydroxyl groups is 1. The molecule has 0 spiro atoms. The predicted octanol–water partition coefficient (Wildman–Crippen LogP) is 2.41. The molecule has 1 aliphatic heterocycles. The van der Waals surface area contributed by atoms with Crippen molar-refractivity contribution in [3.8, 4) is 5.75 Å². The van der Waals surface area contributed by atoms with Crippen molar-refractivity contribution in [2.24, 2.45) is 5.92 Å². The highest BCUT2D eigenvalue weighted by Gasteiger charge is 2.34. The second-order valence-electron chi connectivity index (χ2n) is 8.63. The standard InChI is InChI=1S/C23H30FN3O5S/c1-15-12-27(16(2)14-28)23(29)19-6-5-7-20(22(19)32-21(15)13-26(3)4)25-33(30,31)18-10-8-17(24)9-11-18/h5-11,15-16,21,25,28H,12-14H2,1-4H3/t15-,16-,21+/m0/s1. The van der Waals surface area contributed by atoms with Crippen LogP contribution in [-0.4, -0.2) is 75.2 Å². The molecular weight excluding hydrogens is 449 g/mol. The van der Waals surface area contributed by atoms with Crippen LogP contribution in [0.2, 0.25) is 0 Å². The molecule has 0 bridgehead atoms. The number of nitrogens with zero attached hydrogens (tertiary/aromatic N) is 2. The maximum absolute atomic E-state index is 13.4. The van der Waals surface area contributed by atoms with E-state index in [1.54, 1.807) is 24.0 Å². The van der Waals surface area contributed by atoms with E-state index in [1.807, 2.05) is 25.9 Å². The van der Waals surface area contributed by atoms with Gasteiger partial charge in [0.15, 0.2) is 5.75 Å². The number of amides is 1. The van der Waals surface area contributed by atoms with Crippen LogP contribution in [0.25, 0.3) is 0 Å². The Balaban J connectivity index is 2.09. The Bertz CT molecular complexity index is 1090. The fourth-order valence-electron chi connectivity index (χ4n) is 3.72. The molecule has 2 aromatic carbocycles. The molecule has 10 heteroatoms. The van der Waals surface area contributed by atoms with Gasteiger partial charge in [-0.15, -0.1) is 0 Å². The van der Waals surface area contributed by atoms with E-state index in [4.69, 9.17) is 4.74 Å². The maximum atomic E-state index is 13.4. The molecule has 33 heavy (non-hydrogen) atoms. The molecule has 0 saturated carbocycles. The van der Waals surface area contributed by atoms with E-state index in [2.05, 4.69) is 4.72 Å². The van der Waals surface area contributed by atoms with E-state index < -0.39 is 21.9 Å². The first-order valence-electron chi connectivity index (χ1n) is 10.7. The summed E-state index contributed by atoms with van der Waals surface area (Å²) in [6.45, 7) is 4.42. The number of para-hydroxylation sites is 1. The van der Waals surface area contributed by atoms with Crippen LogP contribution >= 0.6 is 0 Å². The first-order valence-corrected chi connectivity index (χ1v) is 12.2. The second-order valence-corrected chi connectivity index (χ2v) is 10.3. The largest absolute Gasteiger partial charge is 0.486 e. The van der Waals surface area contributed by atoms with E-state index in [0.717, 1.165) is 24.3 Å². The van der Waals surface area contributed by atoms with Gasteiger partial charge in [0.05, 0.1) is 28.8 Å². The van der Waals surface area contributed by atoms with Gasteiger partial charge in [-0.05, 0) is 57.4 Å². The number of sulfonamides is 1. The number of aliphatic hydroxyl groups excluding tert-OH is 1. The molecule has 0 unspecified atom stereocenters. The fraction of sp³-hybridized carbons (Fsp3) is 0.435. The number of likely N-dealkylation sites (N-methyl/N-ethyl adjacent to an activating group) is 1. The summed E-state index contributed by atoms with van der Waals surface area (Å²) >= 11 is 0. The Kier molecular flexibility index (Phi) is 7.61. The lowest BCUT2D eigenvalue weighted by molar-refractivity contribution is 0.0366.